The summed E-state index contributed by atoms with van der Waals surface area (Å²) in [6.45, 7) is 0. The van der Waals surface area contributed by atoms with Gasteiger partial charge in [0.25, 0.3) is 0 Å². The molecule has 0 aliphatic carbocycles. The topological polar surface area (TPSA) is 44.0 Å². The highest BCUT2D eigenvalue weighted by molar-refractivity contribution is 5.49. The first-order valence-corrected chi connectivity index (χ1v) is 4.21. The van der Waals surface area contributed by atoms with Gasteiger partial charge in [-0.05, 0) is 17.7 Å². The molecule has 1 N–H and O–H groups in total. The summed E-state index contributed by atoms with van der Waals surface area (Å²) in [6, 6.07) is 7.74. The van der Waals surface area contributed by atoms with Gasteiger partial charge in [0.2, 0.25) is 0 Å². The minimum atomic E-state index is -0.759. The Hall–Kier alpha value is -1.66. The standard InChI is InChI=1S/C11H10FNO/c12-10-4-1-9(2-5-10)3-6-11(14)7-8-13/h1-6,11,14H,7H2/b6-3+/t11-/m0/s1. The first-order valence-electron chi connectivity index (χ1n) is 4.21. The van der Waals surface area contributed by atoms with E-state index >= 15 is 0 Å². The second-order valence-corrected chi connectivity index (χ2v) is 2.84. The SMILES string of the molecule is N#CC[C@@H](O)/C=C/c1ccc(F)cc1. The number of aliphatic hydroxyl groups is 1. The van der Waals surface area contributed by atoms with Crippen molar-refractivity contribution in [3.8, 4) is 6.07 Å². The van der Waals surface area contributed by atoms with Gasteiger partial charge >= 0.3 is 0 Å². The lowest BCUT2D eigenvalue weighted by Gasteiger charge is -1.97. The number of rotatable bonds is 3. The van der Waals surface area contributed by atoms with Crippen LogP contribution in [0.4, 0.5) is 4.39 Å². The summed E-state index contributed by atoms with van der Waals surface area (Å²) in [6.07, 6.45) is 2.47. The number of hydrogen-bond acceptors (Lipinski definition) is 2. The Morgan fingerprint density at radius 2 is 2.07 bits per heavy atom. The van der Waals surface area contributed by atoms with Gasteiger partial charge in [-0.2, -0.15) is 5.26 Å². The molecule has 72 valence electrons. The van der Waals surface area contributed by atoms with Gasteiger partial charge in [-0.15, -0.1) is 0 Å². The molecule has 0 saturated carbocycles. The summed E-state index contributed by atoms with van der Waals surface area (Å²) < 4.78 is 12.5. The number of benzene rings is 1. The van der Waals surface area contributed by atoms with Crippen LogP contribution in [0.25, 0.3) is 6.08 Å². The van der Waals surface area contributed by atoms with E-state index in [1.165, 1.54) is 18.2 Å². The average Bonchev–Trinajstić information content (AvgIpc) is 2.17. The molecule has 0 unspecified atom stereocenters. The third-order valence-electron chi connectivity index (χ3n) is 1.68. The van der Waals surface area contributed by atoms with Crippen molar-refractivity contribution in [2.75, 3.05) is 0 Å². The molecular formula is C11H10FNO. The van der Waals surface area contributed by atoms with Crippen LogP contribution >= 0.6 is 0 Å². The van der Waals surface area contributed by atoms with Crippen molar-refractivity contribution in [1.29, 1.82) is 5.26 Å². The molecule has 0 spiro atoms. The van der Waals surface area contributed by atoms with E-state index in [0.29, 0.717) is 0 Å². The number of aliphatic hydroxyl groups excluding tert-OH is 1. The first kappa shape index (κ1) is 10.4. The maximum absolute atomic E-state index is 12.5. The highest BCUT2D eigenvalue weighted by Crippen LogP contribution is 2.05. The van der Waals surface area contributed by atoms with Crippen LogP contribution in [0.15, 0.2) is 30.3 Å². The van der Waals surface area contributed by atoms with Gasteiger partial charge in [-0.25, -0.2) is 4.39 Å². The van der Waals surface area contributed by atoms with Crippen molar-refractivity contribution in [2.45, 2.75) is 12.5 Å². The van der Waals surface area contributed by atoms with Crippen molar-refractivity contribution in [3.05, 3.63) is 41.7 Å². The Labute approximate surface area is 81.9 Å². The molecule has 1 aromatic rings. The third-order valence-corrected chi connectivity index (χ3v) is 1.68. The van der Waals surface area contributed by atoms with Crippen LogP contribution in [0.3, 0.4) is 0 Å². The maximum atomic E-state index is 12.5. The second-order valence-electron chi connectivity index (χ2n) is 2.84. The van der Waals surface area contributed by atoms with Gasteiger partial charge in [0.1, 0.15) is 5.82 Å². The number of halogens is 1. The maximum Gasteiger partial charge on any atom is 0.123 e. The summed E-state index contributed by atoms with van der Waals surface area (Å²) >= 11 is 0. The molecule has 0 aliphatic rings. The van der Waals surface area contributed by atoms with E-state index in [0.717, 1.165) is 5.56 Å². The van der Waals surface area contributed by atoms with Gasteiger partial charge in [-0.3, -0.25) is 0 Å². The smallest absolute Gasteiger partial charge is 0.123 e. The Bertz CT molecular complexity index is 351. The third kappa shape index (κ3) is 3.38. The van der Waals surface area contributed by atoms with E-state index in [1.54, 1.807) is 18.2 Å². The minimum Gasteiger partial charge on any atom is -0.388 e. The summed E-state index contributed by atoms with van der Waals surface area (Å²) in [5.41, 5.74) is 0.795. The summed E-state index contributed by atoms with van der Waals surface area (Å²) in [5, 5.41) is 17.5. The molecule has 1 atom stereocenters. The van der Waals surface area contributed by atoms with Gasteiger partial charge in [0.15, 0.2) is 0 Å². The molecule has 14 heavy (non-hydrogen) atoms. The normalized spacial score (nSPS) is 12.6. The van der Waals surface area contributed by atoms with Crippen LogP contribution < -0.4 is 0 Å². The van der Waals surface area contributed by atoms with Crippen LogP contribution in [0.1, 0.15) is 12.0 Å². The molecule has 0 saturated heterocycles. The summed E-state index contributed by atoms with van der Waals surface area (Å²) in [7, 11) is 0. The second kappa shape index (κ2) is 5.15. The van der Waals surface area contributed by atoms with Crippen LogP contribution in [-0.4, -0.2) is 11.2 Å². The van der Waals surface area contributed by atoms with Crippen LogP contribution in [0, 0.1) is 17.1 Å². The van der Waals surface area contributed by atoms with E-state index in [2.05, 4.69) is 0 Å². The number of hydrogen-bond donors (Lipinski definition) is 1. The van der Waals surface area contributed by atoms with E-state index in [9.17, 15) is 9.50 Å². The van der Waals surface area contributed by atoms with E-state index in [4.69, 9.17) is 5.26 Å². The fraction of sp³-hybridized carbons (Fsp3) is 0.182. The molecule has 3 heteroatoms. The fourth-order valence-electron chi connectivity index (χ4n) is 0.958. The molecule has 0 amide bonds. The molecule has 0 aliphatic heterocycles. The van der Waals surface area contributed by atoms with E-state index in [1.807, 2.05) is 6.07 Å². The van der Waals surface area contributed by atoms with E-state index < -0.39 is 6.10 Å². The Kier molecular flexibility index (Phi) is 3.84. The molecule has 0 bridgehead atoms. The molecule has 0 fully saturated rings. The summed E-state index contributed by atoms with van der Waals surface area (Å²) in [4.78, 5) is 0. The zero-order chi connectivity index (χ0) is 10.4. The van der Waals surface area contributed by atoms with Gasteiger partial charge in [-0.1, -0.05) is 24.3 Å². The lowest BCUT2D eigenvalue weighted by Crippen LogP contribution is -1.98. The zero-order valence-electron chi connectivity index (χ0n) is 7.52. The zero-order valence-corrected chi connectivity index (χ0v) is 7.52. The van der Waals surface area contributed by atoms with Crippen LogP contribution in [-0.2, 0) is 0 Å². The molecule has 0 radical (unpaired) electrons. The highest BCUT2D eigenvalue weighted by Gasteiger charge is 1.96. The predicted octanol–water partition coefficient (Wildman–Crippen LogP) is 2.11. The number of nitriles is 1. The summed E-state index contributed by atoms with van der Waals surface area (Å²) in [5.74, 6) is -0.292. The van der Waals surface area contributed by atoms with Crippen molar-refractivity contribution in [3.63, 3.8) is 0 Å². The fourth-order valence-corrected chi connectivity index (χ4v) is 0.958. The Morgan fingerprint density at radius 3 is 2.64 bits per heavy atom. The van der Waals surface area contributed by atoms with Crippen molar-refractivity contribution in [1.82, 2.24) is 0 Å². The predicted molar refractivity (Wildman–Crippen MR) is 51.7 cm³/mol. The van der Waals surface area contributed by atoms with Crippen molar-refractivity contribution in [2.24, 2.45) is 0 Å². The first-order chi connectivity index (χ1) is 6.72. The van der Waals surface area contributed by atoms with Crippen LogP contribution in [0.2, 0.25) is 0 Å². The van der Waals surface area contributed by atoms with Crippen molar-refractivity contribution >= 4 is 6.08 Å². The van der Waals surface area contributed by atoms with Gasteiger partial charge in [0, 0.05) is 0 Å². The molecule has 2 nitrogen and oxygen atoms in total. The number of nitrogens with zero attached hydrogens (tertiary/aromatic N) is 1. The molecular weight excluding hydrogens is 181 g/mol. The van der Waals surface area contributed by atoms with Crippen molar-refractivity contribution < 1.29 is 9.50 Å². The molecule has 1 rings (SSSR count). The monoisotopic (exact) mass is 191 g/mol. The Morgan fingerprint density at radius 1 is 1.43 bits per heavy atom. The molecule has 0 aromatic heterocycles. The van der Waals surface area contributed by atoms with Gasteiger partial charge < -0.3 is 5.11 Å². The lowest BCUT2D eigenvalue weighted by atomic mass is 10.1. The highest BCUT2D eigenvalue weighted by atomic mass is 19.1. The Balaban J connectivity index is 2.60. The molecule has 1 aromatic carbocycles. The minimum absolute atomic E-state index is 0.0672. The van der Waals surface area contributed by atoms with Crippen LogP contribution in [0.5, 0.6) is 0 Å². The molecule has 0 heterocycles. The largest absolute Gasteiger partial charge is 0.388 e. The van der Waals surface area contributed by atoms with E-state index in [-0.39, 0.29) is 12.2 Å². The lowest BCUT2D eigenvalue weighted by molar-refractivity contribution is 0.229. The average molecular weight is 191 g/mol. The quantitative estimate of drug-likeness (QED) is 0.795. The van der Waals surface area contributed by atoms with Gasteiger partial charge in [0.05, 0.1) is 18.6 Å².